The summed E-state index contributed by atoms with van der Waals surface area (Å²) in [7, 11) is 0. The fraction of sp³-hybridized carbons (Fsp3) is 0.0909. The van der Waals surface area contributed by atoms with E-state index >= 15 is 0 Å². The van der Waals surface area contributed by atoms with Gasteiger partial charge in [0.2, 0.25) is 5.88 Å². The van der Waals surface area contributed by atoms with Crippen molar-refractivity contribution in [3.8, 4) is 11.6 Å². The van der Waals surface area contributed by atoms with E-state index in [0.29, 0.717) is 17.1 Å². The molecule has 0 saturated heterocycles. The second-order valence-corrected chi connectivity index (χ2v) is 3.59. The number of nitrogen functional groups attached to an aromatic ring is 1. The molecule has 7 heteroatoms. The molecule has 0 unspecified atom stereocenters. The van der Waals surface area contributed by atoms with Crippen LogP contribution in [0.3, 0.4) is 0 Å². The van der Waals surface area contributed by atoms with E-state index in [9.17, 15) is 10.1 Å². The van der Waals surface area contributed by atoms with Gasteiger partial charge in [-0.2, -0.15) is 0 Å². The van der Waals surface area contributed by atoms with E-state index in [-0.39, 0.29) is 11.6 Å². The zero-order valence-corrected chi connectivity index (χ0v) is 9.53. The second kappa shape index (κ2) is 4.66. The first kappa shape index (κ1) is 11.8. The summed E-state index contributed by atoms with van der Waals surface area (Å²) in [5.41, 5.74) is 6.06. The Morgan fingerprint density at radius 3 is 2.67 bits per heavy atom. The molecule has 0 saturated carbocycles. The Bertz CT molecular complexity index is 583. The Kier molecular flexibility index (Phi) is 3.05. The highest BCUT2D eigenvalue weighted by Crippen LogP contribution is 2.26. The van der Waals surface area contributed by atoms with E-state index in [4.69, 9.17) is 10.5 Å². The van der Waals surface area contributed by atoms with Crippen LogP contribution in [0.15, 0.2) is 30.6 Å². The van der Waals surface area contributed by atoms with Crippen molar-refractivity contribution in [3.63, 3.8) is 0 Å². The maximum atomic E-state index is 10.6. The minimum Gasteiger partial charge on any atom is -0.437 e. The van der Waals surface area contributed by atoms with Gasteiger partial charge in [0.05, 0.1) is 17.3 Å². The Hall–Kier alpha value is -2.70. The third kappa shape index (κ3) is 2.51. The van der Waals surface area contributed by atoms with Gasteiger partial charge in [-0.3, -0.25) is 10.1 Å². The number of ether oxygens (including phenoxy) is 1. The minimum absolute atomic E-state index is 0.0169. The van der Waals surface area contributed by atoms with Crippen molar-refractivity contribution in [3.05, 3.63) is 46.3 Å². The van der Waals surface area contributed by atoms with E-state index in [0.717, 1.165) is 0 Å². The molecule has 0 amide bonds. The highest BCUT2D eigenvalue weighted by atomic mass is 16.6. The molecule has 0 radical (unpaired) electrons. The number of aryl methyl sites for hydroxylation is 1. The van der Waals surface area contributed by atoms with Gasteiger partial charge in [0.25, 0.3) is 5.69 Å². The molecule has 7 nitrogen and oxygen atoms in total. The summed E-state index contributed by atoms with van der Waals surface area (Å²) in [6.07, 6.45) is 2.76. The van der Waals surface area contributed by atoms with Crippen LogP contribution in [-0.2, 0) is 0 Å². The lowest BCUT2D eigenvalue weighted by Crippen LogP contribution is -1.95. The van der Waals surface area contributed by atoms with Crippen LogP contribution in [0.2, 0.25) is 0 Å². The van der Waals surface area contributed by atoms with Crippen LogP contribution in [0.25, 0.3) is 0 Å². The lowest BCUT2D eigenvalue weighted by molar-refractivity contribution is -0.384. The van der Waals surface area contributed by atoms with Crippen molar-refractivity contribution >= 4 is 11.5 Å². The maximum Gasteiger partial charge on any atom is 0.269 e. The molecule has 92 valence electrons. The third-order valence-electron chi connectivity index (χ3n) is 2.23. The van der Waals surface area contributed by atoms with Crippen LogP contribution in [-0.4, -0.2) is 14.9 Å². The first-order valence-corrected chi connectivity index (χ1v) is 5.06. The number of anilines is 1. The molecular weight excluding hydrogens is 236 g/mol. The van der Waals surface area contributed by atoms with Crippen molar-refractivity contribution in [2.45, 2.75) is 6.92 Å². The lowest BCUT2D eigenvalue weighted by Gasteiger charge is -2.06. The van der Waals surface area contributed by atoms with Gasteiger partial charge in [0.1, 0.15) is 11.6 Å². The molecule has 1 heterocycles. The van der Waals surface area contributed by atoms with Crippen LogP contribution < -0.4 is 10.5 Å². The molecule has 0 bridgehead atoms. The Labute approximate surface area is 102 Å². The molecule has 2 N–H and O–H groups in total. The van der Waals surface area contributed by atoms with Gasteiger partial charge >= 0.3 is 0 Å². The van der Waals surface area contributed by atoms with E-state index in [1.807, 2.05) is 0 Å². The van der Waals surface area contributed by atoms with Gasteiger partial charge < -0.3 is 10.5 Å². The molecule has 2 aromatic rings. The minimum atomic E-state index is -0.459. The van der Waals surface area contributed by atoms with Gasteiger partial charge in [-0.15, -0.1) is 0 Å². The van der Waals surface area contributed by atoms with Gasteiger partial charge in [-0.25, -0.2) is 9.97 Å². The molecule has 0 aliphatic carbocycles. The van der Waals surface area contributed by atoms with Gasteiger partial charge in [-0.1, -0.05) is 0 Å². The Balaban J connectivity index is 2.24. The number of nitro groups is 1. The summed E-state index contributed by atoms with van der Waals surface area (Å²) in [6.45, 7) is 1.72. The fourth-order valence-electron chi connectivity index (χ4n) is 1.35. The van der Waals surface area contributed by atoms with Gasteiger partial charge in [0, 0.05) is 12.1 Å². The maximum absolute atomic E-state index is 10.6. The molecule has 0 atom stereocenters. The average molecular weight is 246 g/mol. The molecule has 0 aliphatic rings. The van der Waals surface area contributed by atoms with Crippen molar-refractivity contribution in [2.75, 3.05) is 5.73 Å². The van der Waals surface area contributed by atoms with Crippen LogP contribution in [0.4, 0.5) is 11.5 Å². The highest BCUT2D eigenvalue weighted by Gasteiger charge is 2.09. The summed E-state index contributed by atoms with van der Waals surface area (Å²) in [5.74, 6) is 1.06. The number of nitrogens with two attached hydrogens (primary N) is 1. The number of aromatic nitrogens is 2. The lowest BCUT2D eigenvalue weighted by atomic mass is 10.2. The van der Waals surface area contributed by atoms with Crippen molar-refractivity contribution < 1.29 is 9.66 Å². The summed E-state index contributed by atoms with van der Waals surface area (Å²) >= 11 is 0. The number of hydrogen-bond acceptors (Lipinski definition) is 6. The zero-order valence-electron chi connectivity index (χ0n) is 9.53. The molecule has 0 fully saturated rings. The smallest absolute Gasteiger partial charge is 0.269 e. The van der Waals surface area contributed by atoms with E-state index in [1.165, 1.54) is 30.6 Å². The summed E-state index contributed by atoms with van der Waals surface area (Å²) < 4.78 is 5.45. The second-order valence-electron chi connectivity index (χ2n) is 3.59. The number of rotatable bonds is 3. The topological polar surface area (TPSA) is 104 Å². The van der Waals surface area contributed by atoms with Crippen molar-refractivity contribution in [1.82, 2.24) is 9.97 Å². The molecule has 0 aliphatic heterocycles. The third-order valence-corrected chi connectivity index (χ3v) is 2.23. The van der Waals surface area contributed by atoms with Gasteiger partial charge in [-0.05, 0) is 18.6 Å². The standard InChI is InChI=1S/C11H10N4O3/c1-7-4-8(15(16)17)2-3-9(7)18-11-6-13-10(12)5-14-11/h2-6H,1H3,(H2,12,13). The summed E-state index contributed by atoms with van der Waals surface area (Å²) in [5, 5.41) is 10.6. The molecule has 18 heavy (non-hydrogen) atoms. The number of nitrogens with zero attached hydrogens (tertiary/aromatic N) is 3. The molecule has 1 aromatic carbocycles. The van der Waals surface area contributed by atoms with Crippen molar-refractivity contribution in [1.29, 1.82) is 0 Å². The van der Waals surface area contributed by atoms with Crippen LogP contribution in [0, 0.1) is 17.0 Å². The van der Waals surface area contributed by atoms with Crippen LogP contribution in [0.5, 0.6) is 11.6 Å². The Morgan fingerprint density at radius 1 is 1.33 bits per heavy atom. The van der Waals surface area contributed by atoms with E-state index < -0.39 is 4.92 Å². The highest BCUT2D eigenvalue weighted by molar-refractivity contribution is 5.44. The quantitative estimate of drug-likeness (QED) is 0.656. The normalized spacial score (nSPS) is 10.1. The monoisotopic (exact) mass is 246 g/mol. The predicted molar refractivity (Wildman–Crippen MR) is 64.4 cm³/mol. The number of hydrogen-bond donors (Lipinski definition) is 1. The molecular formula is C11H10N4O3. The number of nitro benzene ring substituents is 1. The Morgan fingerprint density at radius 2 is 2.11 bits per heavy atom. The first-order chi connectivity index (χ1) is 8.56. The summed E-state index contributed by atoms with van der Waals surface area (Å²) in [4.78, 5) is 17.9. The van der Waals surface area contributed by atoms with E-state index in [1.54, 1.807) is 6.92 Å². The number of non-ortho nitro benzene ring substituents is 1. The average Bonchev–Trinajstić information content (AvgIpc) is 2.34. The van der Waals surface area contributed by atoms with Gasteiger partial charge in [0.15, 0.2) is 0 Å². The SMILES string of the molecule is Cc1cc([N+](=O)[O-])ccc1Oc1cnc(N)cn1. The zero-order chi connectivity index (χ0) is 13.1. The molecule has 0 spiro atoms. The first-order valence-electron chi connectivity index (χ1n) is 5.06. The molecule has 1 aromatic heterocycles. The summed E-state index contributed by atoms with van der Waals surface area (Å²) in [6, 6.07) is 4.32. The van der Waals surface area contributed by atoms with Crippen molar-refractivity contribution in [2.24, 2.45) is 0 Å². The fourth-order valence-corrected chi connectivity index (χ4v) is 1.35. The van der Waals surface area contributed by atoms with E-state index in [2.05, 4.69) is 9.97 Å². The van der Waals surface area contributed by atoms with Crippen LogP contribution in [0.1, 0.15) is 5.56 Å². The predicted octanol–water partition coefficient (Wildman–Crippen LogP) is 2.07. The number of benzene rings is 1. The van der Waals surface area contributed by atoms with Crippen LogP contribution >= 0.6 is 0 Å². The molecule has 2 rings (SSSR count). The largest absolute Gasteiger partial charge is 0.437 e.